The zero-order valence-electron chi connectivity index (χ0n) is 11.9. The summed E-state index contributed by atoms with van der Waals surface area (Å²) in [6.07, 6.45) is 3.67. The molecule has 5 heteroatoms. The number of fused-ring (bicyclic) bond motifs is 1. The first-order valence-electron chi connectivity index (χ1n) is 7.16. The van der Waals surface area contributed by atoms with Gasteiger partial charge in [-0.3, -0.25) is 4.79 Å². The zero-order chi connectivity index (χ0) is 15.0. The highest BCUT2D eigenvalue weighted by molar-refractivity contribution is 5.86. The molecule has 1 amide bonds. The van der Waals surface area contributed by atoms with Crippen molar-refractivity contribution in [3.63, 3.8) is 0 Å². The maximum absolute atomic E-state index is 12.5. The van der Waals surface area contributed by atoms with Crippen molar-refractivity contribution in [1.29, 1.82) is 0 Å². The van der Waals surface area contributed by atoms with Crippen LogP contribution in [-0.4, -0.2) is 38.5 Å². The van der Waals surface area contributed by atoms with Crippen LogP contribution in [0.2, 0.25) is 0 Å². The van der Waals surface area contributed by atoms with Gasteiger partial charge in [0, 0.05) is 17.8 Å². The smallest absolute Gasteiger partial charge is 0.326 e. The summed E-state index contributed by atoms with van der Waals surface area (Å²) < 4.78 is 1.88. The maximum Gasteiger partial charge on any atom is 0.326 e. The van der Waals surface area contributed by atoms with Gasteiger partial charge in [0.1, 0.15) is 12.6 Å². The lowest BCUT2D eigenvalue weighted by Crippen LogP contribution is -2.46. The Morgan fingerprint density at radius 1 is 1.33 bits per heavy atom. The van der Waals surface area contributed by atoms with Crippen LogP contribution in [0.25, 0.3) is 10.9 Å². The molecule has 1 aliphatic rings. The van der Waals surface area contributed by atoms with Gasteiger partial charge >= 0.3 is 5.97 Å². The highest BCUT2D eigenvalue weighted by atomic mass is 16.4. The van der Waals surface area contributed by atoms with E-state index in [-0.39, 0.29) is 18.5 Å². The fourth-order valence-electron chi connectivity index (χ4n) is 2.71. The van der Waals surface area contributed by atoms with Crippen LogP contribution in [0.1, 0.15) is 19.8 Å². The normalized spacial score (nSPS) is 15.9. The lowest BCUT2D eigenvalue weighted by molar-refractivity contribution is -0.150. The number of para-hydroxylation sites is 1. The number of benzene rings is 1. The van der Waals surface area contributed by atoms with E-state index in [1.54, 1.807) is 6.92 Å². The van der Waals surface area contributed by atoms with Crippen molar-refractivity contribution in [2.24, 2.45) is 0 Å². The number of nitrogens with zero attached hydrogens (tertiary/aromatic N) is 2. The summed E-state index contributed by atoms with van der Waals surface area (Å²) in [5.41, 5.74) is 0.990. The zero-order valence-corrected chi connectivity index (χ0v) is 11.9. The van der Waals surface area contributed by atoms with Gasteiger partial charge < -0.3 is 14.6 Å². The van der Waals surface area contributed by atoms with Gasteiger partial charge in [0.15, 0.2) is 0 Å². The predicted octanol–water partition coefficient (Wildman–Crippen LogP) is 2.11. The number of hydrogen-bond acceptors (Lipinski definition) is 2. The molecule has 1 fully saturated rings. The minimum Gasteiger partial charge on any atom is -0.480 e. The van der Waals surface area contributed by atoms with E-state index < -0.39 is 12.0 Å². The van der Waals surface area contributed by atoms with E-state index in [0.29, 0.717) is 0 Å². The molecule has 1 aliphatic carbocycles. The van der Waals surface area contributed by atoms with E-state index in [1.165, 1.54) is 4.90 Å². The van der Waals surface area contributed by atoms with Crippen LogP contribution in [0.3, 0.4) is 0 Å². The monoisotopic (exact) mass is 286 g/mol. The molecule has 110 valence electrons. The number of aliphatic carboxylic acids is 1. The summed E-state index contributed by atoms with van der Waals surface area (Å²) in [5.74, 6) is -1.08. The standard InChI is InChI=1S/C16H18N2O3/c1-11(16(20)21)18(13-6-7-13)15(19)10-17-9-8-12-4-2-3-5-14(12)17/h2-5,8-9,11,13H,6-7,10H2,1H3,(H,20,21). The van der Waals surface area contributed by atoms with Crippen molar-refractivity contribution in [2.45, 2.75) is 38.4 Å². The quantitative estimate of drug-likeness (QED) is 0.915. The SMILES string of the molecule is CC(C(=O)O)N(C(=O)Cn1ccc2ccccc21)C1CC1. The Morgan fingerprint density at radius 2 is 2.05 bits per heavy atom. The van der Waals surface area contributed by atoms with Crippen LogP contribution in [0, 0.1) is 0 Å². The molecule has 0 saturated heterocycles. The first kappa shape index (κ1) is 13.7. The van der Waals surface area contributed by atoms with Gasteiger partial charge in [0.25, 0.3) is 0 Å². The van der Waals surface area contributed by atoms with E-state index in [0.717, 1.165) is 23.7 Å². The van der Waals surface area contributed by atoms with Gasteiger partial charge in [0.2, 0.25) is 5.91 Å². The average Bonchev–Trinajstić information content (AvgIpc) is 3.21. The second-order valence-corrected chi connectivity index (χ2v) is 5.55. The Bertz CT molecular complexity index is 688. The number of carbonyl (C=O) groups excluding carboxylic acids is 1. The molecule has 5 nitrogen and oxygen atoms in total. The summed E-state index contributed by atoms with van der Waals surface area (Å²) >= 11 is 0. The Hall–Kier alpha value is -2.30. The molecule has 0 radical (unpaired) electrons. The third-order valence-electron chi connectivity index (χ3n) is 3.99. The number of rotatable bonds is 5. The molecule has 2 aromatic rings. The van der Waals surface area contributed by atoms with Crippen molar-refractivity contribution in [3.05, 3.63) is 36.5 Å². The molecule has 1 atom stereocenters. The summed E-state index contributed by atoms with van der Waals surface area (Å²) in [5, 5.41) is 10.3. The summed E-state index contributed by atoms with van der Waals surface area (Å²) in [4.78, 5) is 25.2. The van der Waals surface area contributed by atoms with Crippen molar-refractivity contribution in [2.75, 3.05) is 0 Å². The molecule has 3 rings (SSSR count). The summed E-state index contributed by atoms with van der Waals surface area (Å²) in [7, 11) is 0. The Labute approximate surface area is 122 Å². The molecule has 1 heterocycles. The third-order valence-corrected chi connectivity index (χ3v) is 3.99. The van der Waals surface area contributed by atoms with Gasteiger partial charge in [-0.1, -0.05) is 18.2 Å². The molecular formula is C16H18N2O3. The molecule has 1 aromatic carbocycles. The van der Waals surface area contributed by atoms with Crippen LogP contribution in [0.15, 0.2) is 36.5 Å². The van der Waals surface area contributed by atoms with E-state index in [1.807, 2.05) is 41.1 Å². The van der Waals surface area contributed by atoms with Crippen LogP contribution in [0.4, 0.5) is 0 Å². The first-order valence-corrected chi connectivity index (χ1v) is 7.16. The van der Waals surface area contributed by atoms with Crippen molar-refractivity contribution >= 4 is 22.8 Å². The van der Waals surface area contributed by atoms with Gasteiger partial charge in [-0.2, -0.15) is 0 Å². The van der Waals surface area contributed by atoms with Crippen LogP contribution < -0.4 is 0 Å². The van der Waals surface area contributed by atoms with Gasteiger partial charge in [0.05, 0.1) is 0 Å². The molecule has 1 saturated carbocycles. The fraction of sp³-hybridized carbons (Fsp3) is 0.375. The first-order chi connectivity index (χ1) is 10.1. The van der Waals surface area contributed by atoms with Gasteiger partial charge in [-0.25, -0.2) is 4.79 Å². The highest BCUT2D eigenvalue weighted by Gasteiger charge is 2.38. The lowest BCUT2D eigenvalue weighted by Gasteiger charge is -2.26. The van der Waals surface area contributed by atoms with E-state index in [4.69, 9.17) is 0 Å². The summed E-state index contributed by atoms with van der Waals surface area (Å²) in [6, 6.07) is 9.13. The van der Waals surface area contributed by atoms with Crippen molar-refractivity contribution in [1.82, 2.24) is 9.47 Å². The molecule has 1 N–H and O–H groups in total. The van der Waals surface area contributed by atoms with Gasteiger partial charge in [-0.05, 0) is 37.3 Å². The third kappa shape index (κ3) is 2.63. The number of aromatic nitrogens is 1. The summed E-state index contributed by atoms with van der Waals surface area (Å²) in [6.45, 7) is 1.76. The highest BCUT2D eigenvalue weighted by Crippen LogP contribution is 2.29. The number of carbonyl (C=O) groups is 2. The molecule has 0 spiro atoms. The maximum atomic E-state index is 12.5. The van der Waals surface area contributed by atoms with Crippen LogP contribution in [-0.2, 0) is 16.1 Å². The van der Waals surface area contributed by atoms with E-state index >= 15 is 0 Å². The molecule has 1 aromatic heterocycles. The lowest BCUT2D eigenvalue weighted by atomic mass is 10.2. The molecule has 21 heavy (non-hydrogen) atoms. The Kier molecular flexibility index (Phi) is 3.41. The number of hydrogen-bond donors (Lipinski definition) is 1. The Balaban J connectivity index is 1.82. The number of carboxylic acid groups (broad SMARTS) is 1. The molecular weight excluding hydrogens is 268 g/mol. The van der Waals surface area contributed by atoms with E-state index in [9.17, 15) is 14.7 Å². The molecule has 1 unspecified atom stereocenters. The van der Waals surface area contributed by atoms with E-state index in [2.05, 4.69) is 0 Å². The van der Waals surface area contributed by atoms with Crippen LogP contribution >= 0.6 is 0 Å². The minimum absolute atomic E-state index is 0.0884. The second-order valence-electron chi connectivity index (χ2n) is 5.55. The largest absolute Gasteiger partial charge is 0.480 e. The van der Waals surface area contributed by atoms with Crippen molar-refractivity contribution < 1.29 is 14.7 Å². The van der Waals surface area contributed by atoms with Gasteiger partial charge in [-0.15, -0.1) is 0 Å². The minimum atomic E-state index is -0.951. The fourth-order valence-corrected chi connectivity index (χ4v) is 2.71. The average molecular weight is 286 g/mol. The Morgan fingerprint density at radius 3 is 2.71 bits per heavy atom. The molecule has 0 aliphatic heterocycles. The second kappa shape index (κ2) is 5.24. The van der Waals surface area contributed by atoms with Crippen molar-refractivity contribution in [3.8, 4) is 0 Å². The predicted molar refractivity (Wildman–Crippen MR) is 78.9 cm³/mol. The number of amides is 1. The molecule has 0 bridgehead atoms. The topological polar surface area (TPSA) is 62.5 Å². The van der Waals surface area contributed by atoms with Crippen LogP contribution in [0.5, 0.6) is 0 Å². The number of carboxylic acids is 1.